The fraction of sp³-hybridized carbons (Fsp3) is 0.200. The Balaban J connectivity index is 1.66. The van der Waals surface area contributed by atoms with Crippen molar-refractivity contribution in [3.8, 4) is 34.5 Å². The van der Waals surface area contributed by atoms with Crippen molar-refractivity contribution in [3.63, 3.8) is 0 Å². The van der Waals surface area contributed by atoms with Gasteiger partial charge in [0, 0.05) is 17.7 Å². The fourth-order valence-corrected chi connectivity index (χ4v) is 3.57. The van der Waals surface area contributed by atoms with E-state index in [-0.39, 0.29) is 6.04 Å². The van der Waals surface area contributed by atoms with E-state index in [1.54, 1.807) is 14.2 Å². The second-order valence-electron chi connectivity index (χ2n) is 6.75. The minimum Gasteiger partial charge on any atom is -0.497 e. The molecule has 3 aromatic rings. The first-order chi connectivity index (χ1) is 13.8. The normalized spacial score (nSPS) is 15.1. The zero-order valence-corrected chi connectivity index (χ0v) is 16.2. The van der Waals surface area contributed by atoms with Crippen molar-refractivity contribution in [1.29, 1.82) is 0 Å². The number of methoxy groups -OCH3 is 2. The van der Waals surface area contributed by atoms with Gasteiger partial charge in [0.2, 0.25) is 0 Å². The molecule has 0 radical (unpaired) electrons. The molecular weight excluding hydrogens is 346 g/mol. The van der Waals surface area contributed by atoms with E-state index < -0.39 is 0 Å². The third-order valence-electron chi connectivity index (χ3n) is 5.07. The maximum absolute atomic E-state index is 5.56. The summed E-state index contributed by atoms with van der Waals surface area (Å²) in [6.07, 6.45) is 1.05. The first kappa shape index (κ1) is 18.2. The molecule has 0 aliphatic carbocycles. The average Bonchev–Trinajstić information content (AvgIpc) is 2.77. The van der Waals surface area contributed by atoms with Gasteiger partial charge in [-0.25, -0.2) is 0 Å². The van der Waals surface area contributed by atoms with Crippen LogP contribution in [0.2, 0.25) is 0 Å². The van der Waals surface area contributed by atoms with Gasteiger partial charge in [0.05, 0.1) is 20.3 Å². The summed E-state index contributed by atoms with van der Waals surface area (Å²) in [6.45, 7) is 0.954. The van der Waals surface area contributed by atoms with Crippen LogP contribution in [0.4, 0.5) is 0 Å². The molecule has 1 aliphatic heterocycles. The van der Waals surface area contributed by atoms with Gasteiger partial charge in [-0.2, -0.15) is 0 Å². The van der Waals surface area contributed by atoms with Gasteiger partial charge in [0.25, 0.3) is 0 Å². The highest BCUT2D eigenvalue weighted by molar-refractivity contribution is 5.72. The number of hydrogen-bond acceptors (Lipinski definition) is 3. The standard InChI is InChI=1S/C25H23NO2/c1-27-21-11-9-20(10-12-21)23-17-18(8-14-25(23)28-2)7-13-24-22-6-4-3-5-19(22)15-16-26-24/h3-6,8-12,14,17,24,26H,15-16H2,1-2H3. The van der Waals surface area contributed by atoms with E-state index in [1.807, 2.05) is 36.4 Å². The van der Waals surface area contributed by atoms with Crippen molar-refractivity contribution < 1.29 is 9.47 Å². The van der Waals surface area contributed by atoms with Gasteiger partial charge in [-0.3, -0.25) is 5.32 Å². The van der Waals surface area contributed by atoms with E-state index >= 15 is 0 Å². The Labute approximate surface area is 166 Å². The van der Waals surface area contributed by atoms with Gasteiger partial charge in [-0.1, -0.05) is 48.2 Å². The van der Waals surface area contributed by atoms with Crippen LogP contribution in [-0.4, -0.2) is 20.8 Å². The number of hydrogen-bond donors (Lipinski definition) is 1. The lowest BCUT2D eigenvalue weighted by Gasteiger charge is -2.22. The van der Waals surface area contributed by atoms with Crippen LogP contribution in [0.3, 0.4) is 0 Å². The van der Waals surface area contributed by atoms with E-state index in [1.165, 1.54) is 11.1 Å². The molecule has 3 heteroatoms. The third kappa shape index (κ3) is 3.74. The number of fused-ring (bicyclic) bond motifs is 1. The summed E-state index contributed by atoms with van der Waals surface area (Å²) < 4.78 is 10.8. The molecule has 0 spiro atoms. The van der Waals surface area contributed by atoms with E-state index in [0.717, 1.165) is 41.2 Å². The topological polar surface area (TPSA) is 30.5 Å². The summed E-state index contributed by atoms with van der Waals surface area (Å²) in [5.74, 6) is 8.42. The van der Waals surface area contributed by atoms with Gasteiger partial charge in [0.1, 0.15) is 11.5 Å². The van der Waals surface area contributed by atoms with E-state index in [4.69, 9.17) is 9.47 Å². The highest BCUT2D eigenvalue weighted by Gasteiger charge is 2.16. The number of rotatable bonds is 3. The molecule has 28 heavy (non-hydrogen) atoms. The molecule has 4 rings (SSSR count). The molecule has 1 N–H and O–H groups in total. The molecule has 1 heterocycles. The van der Waals surface area contributed by atoms with Crippen molar-refractivity contribution in [2.75, 3.05) is 20.8 Å². The lowest BCUT2D eigenvalue weighted by molar-refractivity contribution is 0.414. The van der Waals surface area contributed by atoms with Crippen LogP contribution in [-0.2, 0) is 6.42 Å². The Kier molecular flexibility index (Phi) is 5.32. The van der Waals surface area contributed by atoms with Crippen LogP contribution in [0.1, 0.15) is 22.7 Å². The minimum absolute atomic E-state index is 0.0662. The van der Waals surface area contributed by atoms with Crippen molar-refractivity contribution in [2.24, 2.45) is 0 Å². The largest absolute Gasteiger partial charge is 0.497 e. The maximum Gasteiger partial charge on any atom is 0.126 e. The predicted molar refractivity (Wildman–Crippen MR) is 113 cm³/mol. The summed E-state index contributed by atoms with van der Waals surface area (Å²) >= 11 is 0. The van der Waals surface area contributed by atoms with Gasteiger partial charge < -0.3 is 9.47 Å². The maximum atomic E-state index is 5.56. The third-order valence-corrected chi connectivity index (χ3v) is 5.07. The molecule has 0 amide bonds. The molecule has 1 atom stereocenters. The monoisotopic (exact) mass is 369 g/mol. The minimum atomic E-state index is 0.0662. The summed E-state index contributed by atoms with van der Waals surface area (Å²) in [6, 6.07) is 22.6. The molecule has 0 fully saturated rings. The second kappa shape index (κ2) is 8.21. The zero-order chi connectivity index (χ0) is 19.3. The van der Waals surface area contributed by atoms with Crippen molar-refractivity contribution in [1.82, 2.24) is 5.32 Å². The Morgan fingerprint density at radius 2 is 1.75 bits per heavy atom. The van der Waals surface area contributed by atoms with Crippen molar-refractivity contribution in [3.05, 3.63) is 83.4 Å². The quantitative estimate of drug-likeness (QED) is 0.684. The van der Waals surface area contributed by atoms with Crippen LogP contribution in [0, 0.1) is 11.8 Å². The number of benzene rings is 3. The first-order valence-electron chi connectivity index (χ1n) is 9.43. The van der Waals surface area contributed by atoms with Crippen LogP contribution < -0.4 is 14.8 Å². The summed E-state index contributed by atoms with van der Waals surface area (Å²) in [5, 5.41) is 3.51. The van der Waals surface area contributed by atoms with Crippen LogP contribution in [0.25, 0.3) is 11.1 Å². The summed E-state index contributed by atoms with van der Waals surface area (Å²) in [5.41, 5.74) is 5.73. The van der Waals surface area contributed by atoms with Crippen molar-refractivity contribution in [2.45, 2.75) is 12.5 Å². The van der Waals surface area contributed by atoms with Gasteiger partial charge >= 0.3 is 0 Å². The molecule has 1 aliphatic rings. The van der Waals surface area contributed by atoms with Gasteiger partial charge in [0.15, 0.2) is 0 Å². The Bertz CT molecular complexity index is 1030. The Hall–Kier alpha value is -3.22. The van der Waals surface area contributed by atoms with Gasteiger partial charge in [-0.05, 0) is 53.4 Å². The molecule has 140 valence electrons. The fourth-order valence-electron chi connectivity index (χ4n) is 3.57. The lowest BCUT2D eigenvalue weighted by Crippen LogP contribution is -2.28. The predicted octanol–water partition coefficient (Wildman–Crippen LogP) is 4.61. The molecule has 0 bridgehead atoms. The summed E-state index contributed by atoms with van der Waals surface area (Å²) in [7, 11) is 3.36. The molecule has 0 saturated carbocycles. The summed E-state index contributed by atoms with van der Waals surface area (Å²) in [4.78, 5) is 0. The molecule has 3 aromatic carbocycles. The molecular formula is C25H23NO2. The highest BCUT2D eigenvalue weighted by Crippen LogP contribution is 2.32. The SMILES string of the molecule is COc1ccc(-c2cc(C#CC3NCCc4ccccc43)ccc2OC)cc1. The first-order valence-corrected chi connectivity index (χ1v) is 9.43. The molecule has 0 saturated heterocycles. The van der Waals surface area contributed by atoms with Crippen LogP contribution in [0.15, 0.2) is 66.7 Å². The van der Waals surface area contributed by atoms with Crippen molar-refractivity contribution >= 4 is 0 Å². The van der Waals surface area contributed by atoms with E-state index in [9.17, 15) is 0 Å². The molecule has 1 unspecified atom stereocenters. The Morgan fingerprint density at radius 3 is 2.54 bits per heavy atom. The molecule has 0 aromatic heterocycles. The smallest absolute Gasteiger partial charge is 0.126 e. The lowest BCUT2D eigenvalue weighted by atomic mass is 9.94. The van der Waals surface area contributed by atoms with E-state index in [2.05, 4.69) is 47.5 Å². The highest BCUT2D eigenvalue weighted by atomic mass is 16.5. The number of ether oxygens (including phenoxy) is 2. The van der Waals surface area contributed by atoms with Crippen LogP contribution >= 0.6 is 0 Å². The van der Waals surface area contributed by atoms with E-state index in [0.29, 0.717) is 0 Å². The average molecular weight is 369 g/mol. The zero-order valence-electron chi connectivity index (χ0n) is 16.2. The second-order valence-corrected chi connectivity index (χ2v) is 6.75. The van der Waals surface area contributed by atoms with Crippen LogP contribution in [0.5, 0.6) is 11.5 Å². The number of nitrogens with one attached hydrogen (secondary N) is 1. The molecule has 3 nitrogen and oxygen atoms in total. The Morgan fingerprint density at radius 1 is 0.929 bits per heavy atom. The van der Waals surface area contributed by atoms with Gasteiger partial charge in [-0.15, -0.1) is 0 Å².